The molecule has 20 heavy (non-hydrogen) atoms. The molecule has 0 amide bonds. The van der Waals surface area contributed by atoms with Crippen molar-refractivity contribution < 1.29 is 9.53 Å². The number of nitrogens with zero attached hydrogens (tertiary/aromatic N) is 1. The Hall–Kier alpha value is -1.68. The monoisotopic (exact) mass is 289 g/mol. The number of aromatic nitrogens is 1. The molecular weight excluding hydrogens is 270 g/mol. The molecule has 0 saturated carbocycles. The molecule has 0 aliphatic rings. The number of thioether (sulfide) groups is 1. The first-order valence-corrected chi connectivity index (χ1v) is 7.82. The van der Waals surface area contributed by atoms with Crippen LogP contribution in [0.15, 0.2) is 41.3 Å². The van der Waals surface area contributed by atoms with Gasteiger partial charge >= 0.3 is 5.97 Å². The van der Waals surface area contributed by atoms with Crippen LogP contribution >= 0.6 is 11.8 Å². The first-order valence-electron chi connectivity index (χ1n) is 6.60. The van der Waals surface area contributed by atoms with Gasteiger partial charge in [0.05, 0.1) is 13.0 Å². The smallest absolute Gasteiger partial charge is 0.311 e. The molecule has 0 atom stereocenters. The molecule has 4 heteroatoms. The van der Waals surface area contributed by atoms with Gasteiger partial charge in [0.25, 0.3) is 0 Å². The van der Waals surface area contributed by atoms with Gasteiger partial charge in [0.2, 0.25) is 0 Å². The molecule has 0 radical (unpaired) electrons. The Labute approximate surface area is 123 Å². The quantitative estimate of drug-likeness (QED) is 0.623. The maximum Gasteiger partial charge on any atom is 0.311 e. The maximum absolute atomic E-state index is 11.6. The molecule has 3 nitrogen and oxygen atoms in total. The summed E-state index contributed by atoms with van der Waals surface area (Å²) in [5.41, 5.74) is 3.23. The minimum Gasteiger partial charge on any atom is -0.466 e. The Morgan fingerprint density at radius 2 is 1.90 bits per heavy atom. The Kier molecular flexibility index (Phi) is 4.90. The van der Waals surface area contributed by atoms with Crippen LogP contribution in [0, 0.1) is 0 Å². The molecule has 1 aromatic heterocycles. The fourth-order valence-electron chi connectivity index (χ4n) is 2.14. The number of ether oxygens (including phenoxy) is 1. The van der Waals surface area contributed by atoms with E-state index in [-0.39, 0.29) is 5.97 Å². The molecular formula is C16H19NO2S. The van der Waals surface area contributed by atoms with Crippen LogP contribution in [0.25, 0.3) is 11.3 Å². The summed E-state index contributed by atoms with van der Waals surface area (Å²) in [6, 6.07) is 12.5. The van der Waals surface area contributed by atoms with Crippen molar-refractivity contribution in [2.24, 2.45) is 7.05 Å². The zero-order valence-electron chi connectivity index (χ0n) is 12.1. The molecule has 0 fully saturated rings. The first-order chi connectivity index (χ1) is 9.65. The van der Waals surface area contributed by atoms with E-state index in [4.69, 9.17) is 4.74 Å². The van der Waals surface area contributed by atoms with E-state index < -0.39 is 0 Å². The highest BCUT2D eigenvalue weighted by Crippen LogP contribution is 2.24. The van der Waals surface area contributed by atoms with Crippen LogP contribution in [0.1, 0.15) is 12.6 Å². The van der Waals surface area contributed by atoms with Crippen LogP contribution in [0.5, 0.6) is 0 Å². The molecule has 106 valence electrons. The molecule has 1 aromatic carbocycles. The van der Waals surface area contributed by atoms with Gasteiger partial charge < -0.3 is 9.30 Å². The predicted octanol–water partition coefficient (Wildman–Crippen LogP) is 3.52. The Balaban J connectivity index is 2.21. The van der Waals surface area contributed by atoms with Crippen molar-refractivity contribution in [2.45, 2.75) is 18.2 Å². The number of carbonyl (C=O) groups is 1. The molecule has 0 spiro atoms. The normalized spacial score (nSPS) is 10.6. The number of benzene rings is 1. The average Bonchev–Trinajstić information content (AvgIpc) is 2.81. The molecule has 0 N–H and O–H groups in total. The van der Waals surface area contributed by atoms with Crippen LogP contribution in [0.2, 0.25) is 0 Å². The van der Waals surface area contributed by atoms with Gasteiger partial charge in [0, 0.05) is 23.3 Å². The SMILES string of the molecule is CCOC(=O)Cc1ccc(-c2ccc(SC)cc2)n1C. The van der Waals surface area contributed by atoms with E-state index in [0.717, 1.165) is 17.0 Å². The lowest BCUT2D eigenvalue weighted by atomic mass is 10.1. The number of rotatable bonds is 5. The highest BCUT2D eigenvalue weighted by molar-refractivity contribution is 7.98. The van der Waals surface area contributed by atoms with Gasteiger partial charge in [-0.2, -0.15) is 0 Å². The summed E-state index contributed by atoms with van der Waals surface area (Å²) in [5.74, 6) is -0.182. The summed E-state index contributed by atoms with van der Waals surface area (Å²) in [6.45, 7) is 2.24. The number of hydrogen-bond acceptors (Lipinski definition) is 3. The molecule has 2 rings (SSSR count). The van der Waals surface area contributed by atoms with Gasteiger partial charge in [-0.1, -0.05) is 12.1 Å². The molecule has 1 heterocycles. The van der Waals surface area contributed by atoms with Crippen molar-refractivity contribution in [3.63, 3.8) is 0 Å². The Morgan fingerprint density at radius 3 is 2.50 bits per heavy atom. The predicted molar refractivity (Wildman–Crippen MR) is 83.0 cm³/mol. The standard InChI is InChI=1S/C16H19NO2S/c1-4-19-16(18)11-13-7-10-15(17(13)2)12-5-8-14(20-3)9-6-12/h5-10H,4,11H2,1-3H3. The first kappa shape index (κ1) is 14.7. The van der Waals surface area contributed by atoms with E-state index in [1.165, 1.54) is 4.90 Å². The van der Waals surface area contributed by atoms with E-state index in [1.807, 2.05) is 30.7 Å². The van der Waals surface area contributed by atoms with Gasteiger partial charge in [0.15, 0.2) is 0 Å². The van der Waals surface area contributed by atoms with Gasteiger partial charge in [-0.3, -0.25) is 4.79 Å². The van der Waals surface area contributed by atoms with Gasteiger partial charge in [-0.25, -0.2) is 0 Å². The van der Waals surface area contributed by atoms with E-state index in [9.17, 15) is 4.79 Å². The third kappa shape index (κ3) is 3.25. The summed E-state index contributed by atoms with van der Waals surface area (Å²) < 4.78 is 7.04. The molecule has 0 unspecified atom stereocenters. The van der Waals surface area contributed by atoms with Crippen LogP contribution in [-0.4, -0.2) is 23.4 Å². The number of esters is 1. The summed E-state index contributed by atoms with van der Waals surface area (Å²) in [5, 5.41) is 0. The zero-order valence-corrected chi connectivity index (χ0v) is 12.9. The molecule has 0 aliphatic carbocycles. The van der Waals surface area contributed by atoms with E-state index in [0.29, 0.717) is 13.0 Å². The van der Waals surface area contributed by atoms with E-state index in [2.05, 4.69) is 30.5 Å². The minimum atomic E-state index is -0.182. The van der Waals surface area contributed by atoms with Crippen LogP contribution in [0.3, 0.4) is 0 Å². The van der Waals surface area contributed by atoms with Crippen molar-refractivity contribution in [2.75, 3.05) is 12.9 Å². The van der Waals surface area contributed by atoms with Crippen molar-refractivity contribution in [3.05, 3.63) is 42.1 Å². The topological polar surface area (TPSA) is 31.2 Å². The fraction of sp³-hybridized carbons (Fsp3) is 0.312. The van der Waals surface area contributed by atoms with Crippen molar-refractivity contribution in [3.8, 4) is 11.3 Å². The van der Waals surface area contributed by atoms with Gasteiger partial charge in [-0.15, -0.1) is 11.8 Å². The van der Waals surface area contributed by atoms with Gasteiger partial charge in [0.1, 0.15) is 0 Å². The van der Waals surface area contributed by atoms with Crippen molar-refractivity contribution in [1.82, 2.24) is 4.57 Å². The average molecular weight is 289 g/mol. The number of carbonyl (C=O) groups excluding carboxylic acids is 1. The summed E-state index contributed by atoms with van der Waals surface area (Å²) in [4.78, 5) is 12.8. The van der Waals surface area contributed by atoms with Crippen molar-refractivity contribution in [1.29, 1.82) is 0 Å². The molecule has 2 aromatic rings. The van der Waals surface area contributed by atoms with Crippen LogP contribution in [-0.2, 0) is 23.0 Å². The van der Waals surface area contributed by atoms with E-state index >= 15 is 0 Å². The Bertz CT molecular complexity index is 587. The van der Waals surface area contributed by atoms with Crippen LogP contribution < -0.4 is 0 Å². The largest absolute Gasteiger partial charge is 0.466 e. The molecule has 0 bridgehead atoms. The summed E-state index contributed by atoms with van der Waals surface area (Å²) in [6.07, 6.45) is 2.38. The Morgan fingerprint density at radius 1 is 1.20 bits per heavy atom. The zero-order chi connectivity index (χ0) is 14.5. The molecule has 0 saturated heterocycles. The molecule has 0 aliphatic heterocycles. The summed E-state index contributed by atoms with van der Waals surface area (Å²) >= 11 is 1.73. The second-order valence-corrected chi connectivity index (χ2v) is 5.36. The third-order valence-electron chi connectivity index (χ3n) is 3.24. The number of hydrogen-bond donors (Lipinski definition) is 0. The minimum absolute atomic E-state index is 0.182. The second kappa shape index (κ2) is 6.66. The lowest BCUT2D eigenvalue weighted by molar-refractivity contribution is -0.142. The second-order valence-electron chi connectivity index (χ2n) is 4.48. The van der Waals surface area contributed by atoms with Crippen LogP contribution in [0.4, 0.5) is 0 Å². The fourth-order valence-corrected chi connectivity index (χ4v) is 2.55. The third-order valence-corrected chi connectivity index (χ3v) is 3.99. The van der Waals surface area contributed by atoms with Crippen molar-refractivity contribution >= 4 is 17.7 Å². The van der Waals surface area contributed by atoms with Gasteiger partial charge in [-0.05, 0) is 43.0 Å². The highest BCUT2D eigenvalue weighted by Gasteiger charge is 2.11. The van der Waals surface area contributed by atoms with E-state index in [1.54, 1.807) is 11.8 Å². The lowest BCUT2D eigenvalue weighted by Gasteiger charge is -2.08. The maximum atomic E-state index is 11.6. The summed E-state index contributed by atoms with van der Waals surface area (Å²) in [7, 11) is 1.98. The lowest BCUT2D eigenvalue weighted by Crippen LogP contribution is -2.10. The highest BCUT2D eigenvalue weighted by atomic mass is 32.2.